The van der Waals surface area contributed by atoms with E-state index < -0.39 is 0 Å². The van der Waals surface area contributed by atoms with Gasteiger partial charge in [-0.05, 0) is 18.6 Å². The van der Waals surface area contributed by atoms with Crippen molar-refractivity contribution in [1.82, 2.24) is 14.8 Å². The minimum absolute atomic E-state index is 0.112. The summed E-state index contributed by atoms with van der Waals surface area (Å²) in [5.41, 5.74) is 0.485. The SMILES string of the molecule is CCC(C)(C)c1nn(-c2ccccc2)c(=O)[nH]1. The maximum Gasteiger partial charge on any atom is 0.348 e. The molecule has 0 aliphatic heterocycles. The first-order valence-electron chi connectivity index (χ1n) is 5.80. The minimum Gasteiger partial charge on any atom is -0.292 e. The number of aromatic nitrogens is 3. The number of benzene rings is 1. The van der Waals surface area contributed by atoms with Crippen LogP contribution < -0.4 is 5.69 Å². The Bertz CT molecular complexity index is 552. The van der Waals surface area contributed by atoms with Crippen LogP contribution in [0.25, 0.3) is 5.69 Å². The summed E-state index contributed by atoms with van der Waals surface area (Å²) >= 11 is 0. The molecular formula is C13H17N3O. The zero-order chi connectivity index (χ0) is 12.5. The van der Waals surface area contributed by atoms with Crippen molar-refractivity contribution in [1.29, 1.82) is 0 Å². The van der Waals surface area contributed by atoms with Crippen molar-refractivity contribution in [3.05, 3.63) is 46.6 Å². The summed E-state index contributed by atoms with van der Waals surface area (Å²) in [4.78, 5) is 14.7. The number of rotatable bonds is 3. The summed E-state index contributed by atoms with van der Waals surface area (Å²) < 4.78 is 1.41. The topological polar surface area (TPSA) is 50.7 Å². The first kappa shape index (κ1) is 11.6. The lowest BCUT2D eigenvalue weighted by Gasteiger charge is -2.18. The zero-order valence-corrected chi connectivity index (χ0v) is 10.4. The first-order chi connectivity index (χ1) is 8.04. The molecule has 0 fully saturated rings. The van der Waals surface area contributed by atoms with Gasteiger partial charge in [0, 0.05) is 5.41 Å². The van der Waals surface area contributed by atoms with E-state index in [4.69, 9.17) is 0 Å². The van der Waals surface area contributed by atoms with E-state index in [0.717, 1.165) is 17.9 Å². The van der Waals surface area contributed by atoms with Crippen molar-refractivity contribution in [2.75, 3.05) is 0 Å². The molecule has 0 saturated heterocycles. The molecule has 1 N–H and O–H groups in total. The summed E-state index contributed by atoms with van der Waals surface area (Å²) in [5, 5.41) is 4.37. The third-order valence-electron chi connectivity index (χ3n) is 3.14. The molecule has 2 aromatic rings. The molecule has 2 rings (SSSR count). The summed E-state index contributed by atoms with van der Waals surface area (Å²) in [6.07, 6.45) is 0.925. The van der Waals surface area contributed by atoms with Crippen LogP contribution in [0.2, 0.25) is 0 Å². The van der Waals surface area contributed by atoms with Crippen LogP contribution in [0.1, 0.15) is 33.0 Å². The monoisotopic (exact) mass is 231 g/mol. The van der Waals surface area contributed by atoms with E-state index in [1.807, 2.05) is 30.3 Å². The van der Waals surface area contributed by atoms with E-state index >= 15 is 0 Å². The summed E-state index contributed by atoms with van der Waals surface area (Å²) in [7, 11) is 0. The molecule has 0 saturated carbocycles. The highest BCUT2D eigenvalue weighted by atomic mass is 16.1. The van der Waals surface area contributed by atoms with Gasteiger partial charge in [0.2, 0.25) is 0 Å². The van der Waals surface area contributed by atoms with E-state index in [1.165, 1.54) is 4.68 Å². The van der Waals surface area contributed by atoms with Crippen molar-refractivity contribution >= 4 is 0 Å². The molecule has 0 amide bonds. The third kappa shape index (κ3) is 2.16. The maximum absolute atomic E-state index is 11.8. The fourth-order valence-electron chi connectivity index (χ4n) is 1.54. The van der Waals surface area contributed by atoms with Crippen LogP contribution in [-0.4, -0.2) is 14.8 Å². The van der Waals surface area contributed by atoms with Gasteiger partial charge in [-0.25, -0.2) is 4.79 Å². The normalized spacial score (nSPS) is 11.7. The van der Waals surface area contributed by atoms with Gasteiger partial charge in [-0.2, -0.15) is 4.68 Å². The van der Waals surface area contributed by atoms with Crippen molar-refractivity contribution in [3.63, 3.8) is 0 Å². The molecule has 0 atom stereocenters. The Morgan fingerprint density at radius 1 is 1.29 bits per heavy atom. The number of para-hydroxylation sites is 1. The average molecular weight is 231 g/mol. The Hall–Kier alpha value is -1.84. The predicted molar refractivity (Wildman–Crippen MR) is 67.5 cm³/mol. The summed E-state index contributed by atoms with van der Waals surface area (Å²) in [6, 6.07) is 9.43. The minimum atomic E-state index is -0.187. The first-order valence-corrected chi connectivity index (χ1v) is 5.80. The molecule has 1 aromatic carbocycles. The van der Waals surface area contributed by atoms with Crippen LogP contribution >= 0.6 is 0 Å². The Morgan fingerprint density at radius 3 is 2.53 bits per heavy atom. The smallest absolute Gasteiger partial charge is 0.292 e. The predicted octanol–water partition coefficient (Wildman–Crippen LogP) is 2.25. The van der Waals surface area contributed by atoms with Crippen LogP contribution in [-0.2, 0) is 5.41 Å². The average Bonchev–Trinajstić information content (AvgIpc) is 2.73. The van der Waals surface area contributed by atoms with Gasteiger partial charge >= 0.3 is 5.69 Å². The lowest BCUT2D eigenvalue weighted by Crippen LogP contribution is -2.18. The fourth-order valence-corrected chi connectivity index (χ4v) is 1.54. The van der Waals surface area contributed by atoms with Crippen LogP contribution in [0.5, 0.6) is 0 Å². The second-order valence-corrected chi connectivity index (χ2v) is 4.76. The molecule has 0 spiro atoms. The van der Waals surface area contributed by atoms with Gasteiger partial charge < -0.3 is 0 Å². The van der Waals surface area contributed by atoms with Gasteiger partial charge in [-0.3, -0.25) is 4.98 Å². The van der Waals surface area contributed by atoms with Gasteiger partial charge in [0.05, 0.1) is 5.69 Å². The lowest BCUT2D eigenvalue weighted by molar-refractivity contribution is 0.472. The molecule has 4 heteroatoms. The summed E-state index contributed by atoms with van der Waals surface area (Å²) in [5.74, 6) is 0.730. The van der Waals surface area contributed by atoms with Gasteiger partial charge in [0.25, 0.3) is 0 Å². The Balaban J connectivity index is 2.49. The van der Waals surface area contributed by atoms with Crippen molar-refractivity contribution < 1.29 is 0 Å². The standard InChI is InChI=1S/C13H17N3O/c1-4-13(2,3)11-14-12(17)16(15-11)10-8-6-5-7-9-10/h5-9H,4H2,1-3H3,(H,14,15,17). The van der Waals surface area contributed by atoms with Gasteiger partial charge in [0.15, 0.2) is 0 Å². The number of hydrogen-bond donors (Lipinski definition) is 1. The highest BCUT2D eigenvalue weighted by molar-refractivity contribution is 5.29. The molecule has 0 aliphatic rings. The molecule has 1 aromatic heterocycles. The maximum atomic E-state index is 11.8. The number of H-pyrrole nitrogens is 1. The fraction of sp³-hybridized carbons (Fsp3) is 0.385. The van der Waals surface area contributed by atoms with Crippen LogP contribution in [0.3, 0.4) is 0 Å². The molecule has 0 aliphatic carbocycles. The van der Waals surface area contributed by atoms with Crippen LogP contribution in [0.4, 0.5) is 0 Å². The Morgan fingerprint density at radius 2 is 1.94 bits per heavy atom. The van der Waals surface area contributed by atoms with E-state index in [1.54, 1.807) is 0 Å². The Kier molecular flexibility index (Phi) is 2.88. The second-order valence-electron chi connectivity index (χ2n) is 4.76. The highest BCUT2D eigenvalue weighted by Crippen LogP contribution is 2.22. The van der Waals surface area contributed by atoms with E-state index in [0.29, 0.717) is 0 Å². The number of hydrogen-bond acceptors (Lipinski definition) is 2. The van der Waals surface area contributed by atoms with Crippen LogP contribution in [0.15, 0.2) is 35.1 Å². The van der Waals surface area contributed by atoms with Gasteiger partial charge in [0.1, 0.15) is 5.82 Å². The lowest BCUT2D eigenvalue weighted by atomic mass is 9.90. The Labute approximate surface area is 100 Å². The summed E-state index contributed by atoms with van der Waals surface area (Å²) in [6.45, 7) is 6.22. The molecule has 0 unspecified atom stereocenters. The van der Waals surface area contributed by atoms with E-state index in [-0.39, 0.29) is 11.1 Å². The zero-order valence-electron chi connectivity index (χ0n) is 10.4. The molecule has 0 bridgehead atoms. The van der Waals surface area contributed by atoms with Gasteiger partial charge in [-0.15, -0.1) is 5.10 Å². The van der Waals surface area contributed by atoms with Crippen molar-refractivity contribution in [2.24, 2.45) is 0 Å². The van der Waals surface area contributed by atoms with E-state index in [9.17, 15) is 4.79 Å². The quantitative estimate of drug-likeness (QED) is 0.880. The largest absolute Gasteiger partial charge is 0.348 e. The van der Waals surface area contributed by atoms with Crippen LogP contribution in [0, 0.1) is 0 Å². The molecule has 4 nitrogen and oxygen atoms in total. The number of nitrogens with zero attached hydrogens (tertiary/aromatic N) is 2. The van der Waals surface area contributed by atoms with Crippen molar-refractivity contribution in [2.45, 2.75) is 32.6 Å². The molecule has 90 valence electrons. The molecule has 0 radical (unpaired) electrons. The molecule has 1 heterocycles. The van der Waals surface area contributed by atoms with Gasteiger partial charge in [-0.1, -0.05) is 39.0 Å². The molecular weight excluding hydrogens is 214 g/mol. The number of aromatic amines is 1. The third-order valence-corrected chi connectivity index (χ3v) is 3.14. The second kappa shape index (κ2) is 4.20. The van der Waals surface area contributed by atoms with E-state index in [2.05, 4.69) is 30.9 Å². The molecule has 17 heavy (non-hydrogen) atoms. The van der Waals surface area contributed by atoms with Crippen molar-refractivity contribution in [3.8, 4) is 5.69 Å². The highest BCUT2D eigenvalue weighted by Gasteiger charge is 2.23. The number of nitrogens with one attached hydrogen (secondary N) is 1.